The number of aliphatic imine (C=N–C) groups is 1. The van der Waals surface area contributed by atoms with Gasteiger partial charge in [0.05, 0.1) is 11.9 Å². The highest BCUT2D eigenvalue weighted by Crippen LogP contribution is 2.10. The van der Waals surface area contributed by atoms with Crippen molar-refractivity contribution in [3.63, 3.8) is 0 Å². The topological polar surface area (TPSA) is 63.3 Å². The standard InChI is InChI=1S/C25H29N7.HI/c1-3-26-25(28-17-24-27-14-15-31(24)19-21-10-6-4-7-11-21)30(2)18-22-16-29-32(20-22)23-12-8-5-9-13-23;/h4-16,20H,3,17-19H2,1-2H3,(H,26,28);1H. The van der Waals surface area contributed by atoms with Crippen LogP contribution in [0.5, 0.6) is 0 Å². The van der Waals surface area contributed by atoms with Crippen LogP contribution < -0.4 is 5.32 Å². The van der Waals surface area contributed by atoms with E-state index in [9.17, 15) is 0 Å². The van der Waals surface area contributed by atoms with Gasteiger partial charge in [0.25, 0.3) is 0 Å². The molecule has 4 aromatic rings. The van der Waals surface area contributed by atoms with Crippen LogP contribution in [0.4, 0.5) is 0 Å². The Morgan fingerprint density at radius 3 is 2.48 bits per heavy atom. The fraction of sp³-hybridized carbons (Fsp3) is 0.240. The molecule has 33 heavy (non-hydrogen) atoms. The molecule has 4 rings (SSSR count). The van der Waals surface area contributed by atoms with E-state index in [4.69, 9.17) is 4.99 Å². The number of benzene rings is 2. The Balaban J connectivity index is 0.00000306. The Kier molecular flexibility index (Phi) is 9.05. The average Bonchev–Trinajstić information content (AvgIpc) is 3.47. The van der Waals surface area contributed by atoms with Crippen LogP contribution in [0.1, 0.15) is 23.9 Å². The summed E-state index contributed by atoms with van der Waals surface area (Å²) in [6.07, 6.45) is 7.80. The molecule has 0 fully saturated rings. The van der Waals surface area contributed by atoms with Crippen molar-refractivity contribution in [1.29, 1.82) is 0 Å². The molecule has 2 aromatic carbocycles. The summed E-state index contributed by atoms with van der Waals surface area (Å²) in [6.45, 7) is 4.88. The number of hydrogen-bond acceptors (Lipinski definition) is 3. The van der Waals surface area contributed by atoms with E-state index in [2.05, 4.69) is 62.3 Å². The minimum Gasteiger partial charge on any atom is -0.357 e. The van der Waals surface area contributed by atoms with E-state index in [1.807, 2.05) is 66.7 Å². The molecule has 7 nitrogen and oxygen atoms in total. The van der Waals surface area contributed by atoms with Crippen LogP contribution in [0.15, 0.2) is 90.4 Å². The number of aromatic nitrogens is 4. The Bertz CT molecular complexity index is 1140. The van der Waals surface area contributed by atoms with Crippen LogP contribution in [-0.2, 0) is 19.6 Å². The normalized spacial score (nSPS) is 11.2. The second-order valence-electron chi connectivity index (χ2n) is 7.61. The van der Waals surface area contributed by atoms with Gasteiger partial charge in [-0.05, 0) is 24.6 Å². The minimum atomic E-state index is 0. The first-order valence-corrected chi connectivity index (χ1v) is 10.9. The van der Waals surface area contributed by atoms with Gasteiger partial charge in [0.15, 0.2) is 5.96 Å². The number of hydrogen-bond donors (Lipinski definition) is 1. The third-order valence-corrected chi connectivity index (χ3v) is 5.14. The van der Waals surface area contributed by atoms with Crippen molar-refractivity contribution in [3.05, 3.63) is 102 Å². The van der Waals surface area contributed by atoms with Gasteiger partial charge in [-0.3, -0.25) is 0 Å². The zero-order chi connectivity index (χ0) is 22.2. The lowest BCUT2D eigenvalue weighted by molar-refractivity contribution is 0.476. The van der Waals surface area contributed by atoms with Crippen LogP contribution in [0.2, 0.25) is 0 Å². The predicted molar refractivity (Wildman–Crippen MR) is 143 cm³/mol. The molecule has 0 atom stereocenters. The molecule has 172 valence electrons. The molecule has 2 heterocycles. The molecule has 8 heteroatoms. The van der Waals surface area contributed by atoms with Gasteiger partial charge in [0, 0.05) is 50.8 Å². The highest BCUT2D eigenvalue weighted by atomic mass is 127. The summed E-state index contributed by atoms with van der Waals surface area (Å²) in [5.41, 5.74) is 3.41. The summed E-state index contributed by atoms with van der Waals surface area (Å²) in [4.78, 5) is 11.5. The molecule has 0 aliphatic rings. The summed E-state index contributed by atoms with van der Waals surface area (Å²) in [6, 6.07) is 20.5. The summed E-state index contributed by atoms with van der Waals surface area (Å²) >= 11 is 0. The highest BCUT2D eigenvalue weighted by molar-refractivity contribution is 14.0. The van der Waals surface area contributed by atoms with Crippen molar-refractivity contribution >= 4 is 29.9 Å². The van der Waals surface area contributed by atoms with E-state index >= 15 is 0 Å². The molecule has 2 aromatic heterocycles. The van der Waals surface area contributed by atoms with Gasteiger partial charge < -0.3 is 14.8 Å². The molecule has 0 bridgehead atoms. The van der Waals surface area contributed by atoms with E-state index in [1.54, 1.807) is 0 Å². The van der Waals surface area contributed by atoms with Gasteiger partial charge in [-0.2, -0.15) is 5.10 Å². The van der Waals surface area contributed by atoms with Crippen molar-refractivity contribution in [2.75, 3.05) is 13.6 Å². The quantitative estimate of drug-likeness (QED) is 0.200. The van der Waals surface area contributed by atoms with Gasteiger partial charge in [0.1, 0.15) is 12.4 Å². The predicted octanol–water partition coefficient (Wildman–Crippen LogP) is 4.33. The molecule has 0 saturated carbocycles. The van der Waals surface area contributed by atoms with E-state index < -0.39 is 0 Å². The van der Waals surface area contributed by atoms with Crippen molar-refractivity contribution in [3.8, 4) is 5.69 Å². The van der Waals surface area contributed by atoms with Crippen molar-refractivity contribution < 1.29 is 0 Å². The number of nitrogens with zero attached hydrogens (tertiary/aromatic N) is 6. The summed E-state index contributed by atoms with van der Waals surface area (Å²) in [5.74, 6) is 1.78. The molecule has 0 amide bonds. The lowest BCUT2D eigenvalue weighted by atomic mass is 10.2. The second-order valence-corrected chi connectivity index (χ2v) is 7.61. The molecule has 0 aliphatic carbocycles. The van der Waals surface area contributed by atoms with E-state index in [-0.39, 0.29) is 24.0 Å². The van der Waals surface area contributed by atoms with Gasteiger partial charge in [-0.25, -0.2) is 14.7 Å². The number of halogens is 1. The first-order valence-electron chi connectivity index (χ1n) is 10.9. The molecule has 0 spiro atoms. The molecule has 0 radical (unpaired) electrons. The Morgan fingerprint density at radius 2 is 1.76 bits per heavy atom. The van der Waals surface area contributed by atoms with E-state index in [0.717, 1.165) is 36.1 Å². The first kappa shape index (κ1) is 24.5. The summed E-state index contributed by atoms with van der Waals surface area (Å²) in [7, 11) is 2.04. The summed E-state index contributed by atoms with van der Waals surface area (Å²) < 4.78 is 4.04. The Labute approximate surface area is 212 Å². The van der Waals surface area contributed by atoms with Crippen LogP contribution in [0, 0.1) is 0 Å². The van der Waals surface area contributed by atoms with Crippen LogP contribution in [0.25, 0.3) is 5.69 Å². The fourth-order valence-corrected chi connectivity index (χ4v) is 3.54. The molecular formula is C25H30IN7. The third-order valence-electron chi connectivity index (χ3n) is 5.14. The maximum Gasteiger partial charge on any atom is 0.194 e. The fourth-order valence-electron chi connectivity index (χ4n) is 3.54. The SMILES string of the molecule is CCNC(=NCc1nccn1Cc1ccccc1)N(C)Cc1cnn(-c2ccccc2)c1.I. The average molecular weight is 555 g/mol. The smallest absolute Gasteiger partial charge is 0.194 e. The lowest BCUT2D eigenvalue weighted by Gasteiger charge is -2.21. The van der Waals surface area contributed by atoms with Crippen molar-refractivity contribution in [2.45, 2.75) is 26.6 Å². The van der Waals surface area contributed by atoms with Crippen LogP contribution in [0.3, 0.4) is 0 Å². The number of rotatable bonds is 8. The van der Waals surface area contributed by atoms with Gasteiger partial charge in [-0.1, -0.05) is 48.5 Å². The van der Waals surface area contributed by atoms with Gasteiger partial charge >= 0.3 is 0 Å². The van der Waals surface area contributed by atoms with E-state index in [1.165, 1.54) is 5.56 Å². The van der Waals surface area contributed by atoms with Crippen LogP contribution in [-0.4, -0.2) is 43.8 Å². The zero-order valence-electron chi connectivity index (χ0n) is 19.0. The summed E-state index contributed by atoms with van der Waals surface area (Å²) in [5, 5.41) is 7.88. The molecule has 1 N–H and O–H groups in total. The minimum absolute atomic E-state index is 0. The van der Waals surface area contributed by atoms with Crippen LogP contribution >= 0.6 is 24.0 Å². The number of guanidine groups is 1. The first-order chi connectivity index (χ1) is 15.7. The number of nitrogens with one attached hydrogen (secondary N) is 1. The maximum absolute atomic E-state index is 4.84. The zero-order valence-corrected chi connectivity index (χ0v) is 21.3. The second kappa shape index (κ2) is 12.2. The Morgan fingerprint density at radius 1 is 1.03 bits per heavy atom. The Hall–Kier alpha value is -3.14. The number of para-hydroxylation sites is 1. The van der Waals surface area contributed by atoms with E-state index in [0.29, 0.717) is 13.1 Å². The largest absolute Gasteiger partial charge is 0.357 e. The molecular weight excluding hydrogens is 525 g/mol. The highest BCUT2D eigenvalue weighted by Gasteiger charge is 2.10. The molecule has 0 unspecified atom stereocenters. The number of imidazole rings is 1. The monoisotopic (exact) mass is 555 g/mol. The lowest BCUT2D eigenvalue weighted by Crippen LogP contribution is -2.38. The van der Waals surface area contributed by atoms with Gasteiger partial charge in [-0.15, -0.1) is 24.0 Å². The van der Waals surface area contributed by atoms with Crippen molar-refractivity contribution in [1.82, 2.24) is 29.5 Å². The maximum atomic E-state index is 4.84. The van der Waals surface area contributed by atoms with Gasteiger partial charge in [0.2, 0.25) is 0 Å². The molecule has 0 saturated heterocycles. The van der Waals surface area contributed by atoms with Crippen molar-refractivity contribution in [2.24, 2.45) is 4.99 Å². The molecule has 0 aliphatic heterocycles. The third kappa shape index (κ3) is 6.67.